The van der Waals surface area contributed by atoms with E-state index in [2.05, 4.69) is 47.8 Å². The Bertz CT molecular complexity index is 652. The van der Waals surface area contributed by atoms with Crippen molar-refractivity contribution in [2.45, 2.75) is 45.4 Å². The van der Waals surface area contributed by atoms with E-state index in [1.807, 2.05) is 6.92 Å². The molecule has 1 atom stereocenters. The second kappa shape index (κ2) is 7.63. The van der Waals surface area contributed by atoms with Crippen LogP contribution in [0.5, 0.6) is 0 Å². The van der Waals surface area contributed by atoms with Gasteiger partial charge in [0.05, 0.1) is 0 Å². The number of hydrogen-bond donors (Lipinski definition) is 1. The van der Waals surface area contributed by atoms with Crippen molar-refractivity contribution < 1.29 is 4.79 Å². The zero-order chi connectivity index (χ0) is 16.1. The number of amides is 1. The molecule has 1 N–H and O–H groups in total. The summed E-state index contributed by atoms with van der Waals surface area (Å²) in [5.74, 6) is 0.908. The SMILES string of the molecule is C[C@@H](Cc1cccc2ccccc12)C(=O)NCC1CCCCC1. The summed E-state index contributed by atoms with van der Waals surface area (Å²) in [7, 11) is 0. The maximum atomic E-state index is 12.4. The highest BCUT2D eigenvalue weighted by atomic mass is 16.1. The van der Waals surface area contributed by atoms with Crippen LogP contribution < -0.4 is 5.32 Å². The van der Waals surface area contributed by atoms with Crippen LogP contribution in [0.4, 0.5) is 0 Å². The summed E-state index contributed by atoms with van der Waals surface area (Å²) in [4.78, 5) is 12.4. The summed E-state index contributed by atoms with van der Waals surface area (Å²) in [6, 6.07) is 14.8. The van der Waals surface area contributed by atoms with Crippen LogP contribution in [-0.2, 0) is 11.2 Å². The lowest BCUT2D eigenvalue weighted by Crippen LogP contribution is -2.34. The average Bonchev–Trinajstić information content (AvgIpc) is 2.61. The monoisotopic (exact) mass is 309 g/mol. The fourth-order valence-electron chi connectivity index (χ4n) is 3.70. The van der Waals surface area contributed by atoms with Gasteiger partial charge in [-0.2, -0.15) is 0 Å². The van der Waals surface area contributed by atoms with Crippen LogP contribution in [0, 0.1) is 11.8 Å². The molecule has 23 heavy (non-hydrogen) atoms. The van der Waals surface area contributed by atoms with Gasteiger partial charge in [0.15, 0.2) is 0 Å². The minimum absolute atomic E-state index is 0.0180. The molecule has 0 saturated heterocycles. The summed E-state index contributed by atoms with van der Waals surface area (Å²) >= 11 is 0. The van der Waals surface area contributed by atoms with E-state index in [0.29, 0.717) is 5.92 Å². The highest BCUT2D eigenvalue weighted by Gasteiger charge is 2.18. The third-order valence-electron chi connectivity index (χ3n) is 5.14. The summed E-state index contributed by atoms with van der Waals surface area (Å²) < 4.78 is 0. The third kappa shape index (κ3) is 4.13. The molecule has 1 saturated carbocycles. The molecule has 0 radical (unpaired) electrons. The molecule has 0 bridgehead atoms. The summed E-state index contributed by atoms with van der Waals surface area (Å²) in [5, 5.41) is 5.70. The fourth-order valence-corrected chi connectivity index (χ4v) is 3.70. The van der Waals surface area contributed by atoms with Crippen LogP contribution >= 0.6 is 0 Å². The van der Waals surface area contributed by atoms with E-state index in [9.17, 15) is 4.79 Å². The van der Waals surface area contributed by atoms with Crippen LogP contribution in [0.3, 0.4) is 0 Å². The fraction of sp³-hybridized carbons (Fsp3) is 0.476. The first-order chi connectivity index (χ1) is 11.2. The molecule has 0 unspecified atom stereocenters. The van der Waals surface area contributed by atoms with E-state index in [1.165, 1.54) is 48.4 Å². The zero-order valence-electron chi connectivity index (χ0n) is 14.1. The van der Waals surface area contributed by atoms with Gasteiger partial charge in [0.25, 0.3) is 0 Å². The highest BCUT2D eigenvalue weighted by Crippen LogP contribution is 2.23. The number of nitrogens with one attached hydrogen (secondary N) is 1. The van der Waals surface area contributed by atoms with E-state index >= 15 is 0 Å². The molecule has 1 aliphatic carbocycles. The molecule has 0 heterocycles. The van der Waals surface area contributed by atoms with Gasteiger partial charge in [0.1, 0.15) is 0 Å². The first kappa shape index (κ1) is 16.0. The van der Waals surface area contributed by atoms with Crippen molar-refractivity contribution in [3.05, 3.63) is 48.0 Å². The van der Waals surface area contributed by atoms with Gasteiger partial charge in [0, 0.05) is 12.5 Å². The Hall–Kier alpha value is -1.83. The van der Waals surface area contributed by atoms with Crippen molar-refractivity contribution in [1.29, 1.82) is 0 Å². The van der Waals surface area contributed by atoms with Crippen molar-refractivity contribution >= 4 is 16.7 Å². The maximum absolute atomic E-state index is 12.4. The summed E-state index contributed by atoms with van der Waals surface area (Å²) in [6.07, 6.45) is 7.37. The largest absolute Gasteiger partial charge is 0.356 e. The minimum Gasteiger partial charge on any atom is -0.356 e. The van der Waals surface area contributed by atoms with Crippen LogP contribution in [0.25, 0.3) is 10.8 Å². The summed E-state index contributed by atoms with van der Waals surface area (Å²) in [6.45, 7) is 2.90. The number of carbonyl (C=O) groups excluding carboxylic acids is 1. The van der Waals surface area contributed by atoms with E-state index in [1.54, 1.807) is 0 Å². The van der Waals surface area contributed by atoms with Gasteiger partial charge >= 0.3 is 0 Å². The number of benzene rings is 2. The van der Waals surface area contributed by atoms with Crippen molar-refractivity contribution in [3.8, 4) is 0 Å². The quantitative estimate of drug-likeness (QED) is 0.851. The Morgan fingerprint density at radius 3 is 2.65 bits per heavy atom. The van der Waals surface area contributed by atoms with Gasteiger partial charge in [-0.3, -0.25) is 4.79 Å². The Labute approximate surface area is 139 Å². The molecule has 2 nitrogen and oxygen atoms in total. The molecule has 0 aliphatic heterocycles. The van der Waals surface area contributed by atoms with E-state index in [-0.39, 0.29) is 11.8 Å². The maximum Gasteiger partial charge on any atom is 0.223 e. The van der Waals surface area contributed by atoms with Crippen LogP contribution in [-0.4, -0.2) is 12.5 Å². The molecule has 2 aromatic rings. The first-order valence-corrected chi connectivity index (χ1v) is 8.98. The van der Waals surface area contributed by atoms with E-state index < -0.39 is 0 Å². The first-order valence-electron chi connectivity index (χ1n) is 8.98. The molecular weight excluding hydrogens is 282 g/mol. The Kier molecular flexibility index (Phi) is 5.32. The lowest BCUT2D eigenvalue weighted by Gasteiger charge is -2.22. The molecule has 0 aromatic heterocycles. The normalized spacial score (nSPS) is 17.1. The third-order valence-corrected chi connectivity index (χ3v) is 5.14. The van der Waals surface area contributed by atoms with Crippen LogP contribution in [0.2, 0.25) is 0 Å². The van der Waals surface area contributed by atoms with Gasteiger partial charge in [-0.25, -0.2) is 0 Å². The standard InChI is InChI=1S/C21H27NO/c1-16(21(23)22-15-17-8-3-2-4-9-17)14-19-12-7-11-18-10-5-6-13-20(18)19/h5-7,10-13,16-17H,2-4,8-9,14-15H2,1H3,(H,22,23)/t16-/m0/s1. The predicted molar refractivity (Wildman–Crippen MR) is 96.4 cm³/mol. The van der Waals surface area contributed by atoms with Crippen molar-refractivity contribution in [3.63, 3.8) is 0 Å². The second-order valence-electron chi connectivity index (χ2n) is 6.99. The van der Waals surface area contributed by atoms with Crippen molar-refractivity contribution in [2.24, 2.45) is 11.8 Å². The Balaban J connectivity index is 1.59. The topological polar surface area (TPSA) is 29.1 Å². The van der Waals surface area contributed by atoms with Gasteiger partial charge in [-0.15, -0.1) is 0 Å². The predicted octanol–water partition coefficient (Wildman–Crippen LogP) is 4.71. The lowest BCUT2D eigenvalue weighted by atomic mass is 9.89. The molecule has 2 heteroatoms. The smallest absolute Gasteiger partial charge is 0.223 e. The van der Waals surface area contributed by atoms with Gasteiger partial charge in [0.2, 0.25) is 5.91 Å². The molecule has 122 valence electrons. The van der Waals surface area contributed by atoms with Gasteiger partial charge < -0.3 is 5.32 Å². The Morgan fingerprint density at radius 2 is 1.83 bits per heavy atom. The van der Waals surface area contributed by atoms with E-state index in [4.69, 9.17) is 0 Å². The van der Waals surface area contributed by atoms with Crippen molar-refractivity contribution in [2.75, 3.05) is 6.54 Å². The van der Waals surface area contributed by atoms with Crippen LogP contribution in [0.1, 0.15) is 44.6 Å². The molecule has 1 aliphatic rings. The van der Waals surface area contributed by atoms with Gasteiger partial charge in [-0.1, -0.05) is 68.7 Å². The molecule has 1 fully saturated rings. The van der Waals surface area contributed by atoms with Gasteiger partial charge in [-0.05, 0) is 41.5 Å². The number of carbonyl (C=O) groups is 1. The number of hydrogen-bond acceptors (Lipinski definition) is 1. The van der Waals surface area contributed by atoms with E-state index in [0.717, 1.165) is 13.0 Å². The van der Waals surface area contributed by atoms with Crippen LogP contribution in [0.15, 0.2) is 42.5 Å². The lowest BCUT2D eigenvalue weighted by molar-refractivity contribution is -0.124. The second-order valence-corrected chi connectivity index (χ2v) is 6.99. The number of rotatable bonds is 5. The molecule has 3 rings (SSSR count). The Morgan fingerprint density at radius 1 is 1.09 bits per heavy atom. The molecule has 1 amide bonds. The molecule has 0 spiro atoms. The van der Waals surface area contributed by atoms with Crippen molar-refractivity contribution in [1.82, 2.24) is 5.32 Å². The summed E-state index contributed by atoms with van der Waals surface area (Å²) in [5.41, 5.74) is 1.27. The molecular formula is C21H27NO. The zero-order valence-corrected chi connectivity index (χ0v) is 14.1. The average molecular weight is 309 g/mol. The number of fused-ring (bicyclic) bond motifs is 1. The highest BCUT2D eigenvalue weighted by molar-refractivity contribution is 5.86. The molecule has 2 aromatic carbocycles. The minimum atomic E-state index is 0.0180.